The van der Waals surface area contributed by atoms with Crippen molar-refractivity contribution in [2.45, 2.75) is 5.41 Å². The van der Waals surface area contributed by atoms with Gasteiger partial charge in [0.2, 0.25) is 0 Å². The van der Waals surface area contributed by atoms with Crippen LogP contribution in [0.1, 0.15) is 22.3 Å². The SMILES string of the molecule is c1ccc(-c2ccc(N(c3cc(-c4ccccc4)cc(-c4ccccc4)c3)c3cccc4sc5ccc(C6(c7ccccc7)c7ccccc7-c7ccccc76)cc5c34)cc2)cc1. The van der Waals surface area contributed by atoms with Gasteiger partial charge in [-0.15, -0.1) is 11.3 Å². The Bertz CT molecular complexity index is 3320. The van der Waals surface area contributed by atoms with Gasteiger partial charge in [-0.3, -0.25) is 0 Å². The molecule has 0 spiro atoms. The molecule has 1 nitrogen and oxygen atoms in total. The highest BCUT2D eigenvalue weighted by Gasteiger charge is 2.46. The summed E-state index contributed by atoms with van der Waals surface area (Å²) in [5.41, 5.74) is 17.7. The first kappa shape index (κ1) is 37.0. The van der Waals surface area contributed by atoms with Gasteiger partial charge in [0.25, 0.3) is 0 Å². The topological polar surface area (TPSA) is 3.24 Å². The minimum Gasteiger partial charge on any atom is -0.310 e. The zero-order valence-electron chi connectivity index (χ0n) is 34.5. The van der Waals surface area contributed by atoms with Gasteiger partial charge in [-0.05, 0) is 121 Å². The van der Waals surface area contributed by atoms with Crippen molar-refractivity contribution in [2.75, 3.05) is 4.90 Å². The van der Waals surface area contributed by atoms with Crippen molar-refractivity contribution in [3.8, 4) is 44.5 Å². The Morgan fingerprint density at radius 2 is 0.825 bits per heavy atom. The summed E-state index contributed by atoms with van der Waals surface area (Å²) < 4.78 is 2.53. The van der Waals surface area contributed by atoms with Crippen LogP contribution in [-0.2, 0) is 5.41 Å². The summed E-state index contributed by atoms with van der Waals surface area (Å²) in [6, 6.07) is 91.6. The fraction of sp³-hybridized carbons (Fsp3) is 0.0164. The number of hydrogen-bond acceptors (Lipinski definition) is 2. The van der Waals surface area contributed by atoms with Crippen molar-refractivity contribution in [2.24, 2.45) is 0 Å². The molecule has 0 saturated heterocycles. The minimum atomic E-state index is -0.493. The molecule has 1 aromatic heterocycles. The smallest absolute Gasteiger partial charge is 0.0713 e. The molecule has 0 aliphatic heterocycles. The first-order valence-corrected chi connectivity index (χ1v) is 22.5. The quantitative estimate of drug-likeness (QED) is 0.148. The van der Waals surface area contributed by atoms with Crippen LogP contribution in [0.5, 0.6) is 0 Å². The van der Waals surface area contributed by atoms with Crippen LogP contribution in [0.2, 0.25) is 0 Å². The molecular formula is C61H41NS. The molecule has 1 aliphatic carbocycles. The van der Waals surface area contributed by atoms with Crippen molar-refractivity contribution in [1.29, 1.82) is 0 Å². The Kier molecular flexibility index (Phi) is 8.98. The maximum Gasteiger partial charge on any atom is 0.0713 e. The van der Waals surface area contributed by atoms with Gasteiger partial charge < -0.3 is 4.90 Å². The molecule has 0 fully saturated rings. The summed E-state index contributed by atoms with van der Waals surface area (Å²) in [5, 5.41) is 2.51. The average Bonchev–Trinajstić information content (AvgIpc) is 3.89. The zero-order chi connectivity index (χ0) is 41.7. The lowest BCUT2D eigenvalue weighted by Crippen LogP contribution is -2.28. The fourth-order valence-corrected chi connectivity index (χ4v) is 11.2. The Morgan fingerprint density at radius 3 is 1.41 bits per heavy atom. The Morgan fingerprint density at radius 1 is 0.317 bits per heavy atom. The van der Waals surface area contributed by atoms with Gasteiger partial charge in [0.15, 0.2) is 0 Å². The van der Waals surface area contributed by atoms with Gasteiger partial charge in [0.1, 0.15) is 0 Å². The molecule has 0 N–H and O–H groups in total. The molecular weight excluding hydrogens is 779 g/mol. The summed E-state index contributed by atoms with van der Waals surface area (Å²) in [6.45, 7) is 0. The Hall–Kier alpha value is -7.78. The third-order valence-electron chi connectivity index (χ3n) is 12.9. The number of nitrogens with zero attached hydrogens (tertiary/aromatic N) is 1. The van der Waals surface area contributed by atoms with E-state index in [2.05, 4.69) is 254 Å². The number of hydrogen-bond donors (Lipinski definition) is 0. The van der Waals surface area contributed by atoms with Crippen LogP contribution in [0, 0.1) is 0 Å². The molecule has 0 saturated carbocycles. The summed E-state index contributed by atoms with van der Waals surface area (Å²) in [4.78, 5) is 2.49. The third-order valence-corrected chi connectivity index (χ3v) is 14.1. The highest BCUT2D eigenvalue weighted by atomic mass is 32.1. The van der Waals surface area contributed by atoms with Crippen LogP contribution in [0.4, 0.5) is 17.1 Å². The molecule has 2 heteroatoms. The summed E-state index contributed by atoms with van der Waals surface area (Å²) in [6.07, 6.45) is 0. The van der Waals surface area contributed by atoms with E-state index in [-0.39, 0.29) is 0 Å². The predicted molar refractivity (Wildman–Crippen MR) is 268 cm³/mol. The molecule has 11 aromatic rings. The number of benzene rings is 10. The molecule has 1 aliphatic rings. The number of fused-ring (bicyclic) bond motifs is 6. The van der Waals surface area contributed by atoms with E-state index in [4.69, 9.17) is 0 Å². The zero-order valence-corrected chi connectivity index (χ0v) is 35.3. The third kappa shape index (κ3) is 6.14. The van der Waals surface area contributed by atoms with E-state index >= 15 is 0 Å². The second-order valence-electron chi connectivity index (χ2n) is 16.4. The van der Waals surface area contributed by atoms with Crippen LogP contribution >= 0.6 is 11.3 Å². The van der Waals surface area contributed by atoms with Crippen LogP contribution in [-0.4, -0.2) is 0 Å². The van der Waals surface area contributed by atoms with Crippen molar-refractivity contribution in [1.82, 2.24) is 0 Å². The molecule has 12 rings (SSSR count). The van der Waals surface area contributed by atoms with E-state index in [9.17, 15) is 0 Å². The average molecular weight is 820 g/mol. The van der Waals surface area contributed by atoms with Gasteiger partial charge in [-0.1, -0.05) is 194 Å². The maximum absolute atomic E-state index is 2.51. The highest BCUT2D eigenvalue weighted by Crippen LogP contribution is 2.57. The van der Waals surface area contributed by atoms with Crippen LogP contribution < -0.4 is 4.90 Å². The first-order valence-electron chi connectivity index (χ1n) is 21.7. The van der Waals surface area contributed by atoms with E-state index in [1.54, 1.807) is 0 Å². The molecule has 1 heterocycles. The molecule has 0 amide bonds. The second kappa shape index (κ2) is 15.3. The maximum atomic E-state index is 2.51. The van der Waals surface area contributed by atoms with E-state index in [1.807, 2.05) is 11.3 Å². The molecule has 63 heavy (non-hydrogen) atoms. The molecule has 10 aromatic carbocycles. The van der Waals surface area contributed by atoms with E-state index in [1.165, 1.54) is 86.9 Å². The predicted octanol–water partition coefficient (Wildman–Crippen LogP) is 16.9. The minimum absolute atomic E-state index is 0.493. The van der Waals surface area contributed by atoms with Crippen molar-refractivity contribution in [3.05, 3.63) is 271 Å². The van der Waals surface area contributed by atoms with Gasteiger partial charge in [0.05, 0.1) is 11.1 Å². The summed E-state index contributed by atoms with van der Waals surface area (Å²) >= 11 is 1.87. The van der Waals surface area contributed by atoms with Crippen LogP contribution in [0.25, 0.3) is 64.7 Å². The van der Waals surface area contributed by atoms with Crippen molar-refractivity contribution < 1.29 is 0 Å². The molecule has 0 atom stereocenters. The van der Waals surface area contributed by atoms with Gasteiger partial charge in [0, 0.05) is 31.5 Å². The lowest BCUT2D eigenvalue weighted by molar-refractivity contribution is 0.770. The molecule has 0 bridgehead atoms. The largest absolute Gasteiger partial charge is 0.310 e. The standard InChI is InChI=1S/C61H41NS/c1-5-18-42(19-6-1)45-32-35-50(36-33-45)62(51-39-46(43-20-7-2-8-21-43)38-47(40-51)44-22-9-3-10-23-44)57-30-17-31-59-60(57)54-41-49(34-37-58(54)63-59)61(48-24-11-4-12-25-48)55-28-15-13-26-52(55)53-27-14-16-29-56(53)61/h1-41H. The Labute approximate surface area is 372 Å². The highest BCUT2D eigenvalue weighted by molar-refractivity contribution is 7.26. The van der Waals surface area contributed by atoms with Crippen molar-refractivity contribution in [3.63, 3.8) is 0 Å². The van der Waals surface area contributed by atoms with Crippen molar-refractivity contribution >= 4 is 48.6 Å². The van der Waals surface area contributed by atoms with Gasteiger partial charge >= 0.3 is 0 Å². The normalized spacial score (nSPS) is 12.6. The Balaban J connectivity index is 1.13. The molecule has 296 valence electrons. The second-order valence-corrected chi connectivity index (χ2v) is 17.5. The lowest BCUT2D eigenvalue weighted by atomic mass is 9.67. The van der Waals surface area contributed by atoms with E-state index in [0.29, 0.717) is 0 Å². The fourth-order valence-electron chi connectivity index (χ4n) is 10.1. The monoisotopic (exact) mass is 819 g/mol. The lowest BCUT2D eigenvalue weighted by Gasteiger charge is -2.34. The number of rotatable bonds is 8. The van der Waals surface area contributed by atoms with E-state index < -0.39 is 5.41 Å². The molecule has 0 unspecified atom stereocenters. The molecule has 0 radical (unpaired) electrons. The first-order chi connectivity index (χ1) is 31.2. The summed E-state index contributed by atoms with van der Waals surface area (Å²) in [5.74, 6) is 0. The van der Waals surface area contributed by atoms with Gasteiger partial charge in [-0.2, -0.15) is 0 Å². The number of thiophene rings is 1. The van der Waals surface area contributed by atoms with Crippen LogP contribution in [0.15, 0.2) is 249 Å². The van der Waals surface area contributed by atoms with E-state index in [0.717, 1.165) is 17.1 Å². The summed E-state index contributed by atoms with van der Waals surface area (Å²) in [7, 11) is 0. The van der Waals surface area contributed by atoms with Gasteiger partial charge in [-0.25, -0.2) is 0 Å². The number of anilines is 3. The van der Waals surface area contributed by atoms with Crippen LogP contribution in [0.3, 0.4) is 0 Å².